The van der Waals surface area contributed by atoms with Crippen molar-refractivity contribution in [2.75, 3.05) is 26.4 Å². The van der Waals surface area contributed by atoms with Crippen LogP contribution in [0, 0.1) is 0 Å². The van der Waals surface area contributed by atoms with Gasteiger partial charge >= 0.3 is 8.80 Å². The Bertz CT molecular complexity index is 154. The van der Waals surface area contributed by atoms with Crippen molar-refractivity contribution in [2.24, 2.45) is 5.73 Å². The van der Waals surface area contributed by atoms with E-state index in [0.717, 1.165) is 6.42 Å². The second-order valence-corrected chi connectivity index (χ2v) is 6.21. The zero-order valence-corrected chi connectivity index (χ0v) is 11.6. The third-order valence-electron chi connectivity index (χ3n) is 2.10. The summed E-state index contributed by atoms with van der Waals surface area (Å²) in [6.45, 7) is 7.39. The average Bonchev–Trinajstić information content (AvgIpc) is 2.18. The fraction of sp³-hybridized carbons (Fsp3) is 1.00. The van der Waals surface area contributed by atoms with Crippen molar-refractivity contribution in [3.63, 3.8) is 0 Å². The molecule has 0 aliphatic rings. The number of aliphatic hydroxyl groups excluding tert-OH is 1. The van der Waals surface area contributed by atoms with Crippen LogP contribution < -0.4 is 5.73 Å². The summed E-state index contributed by atoms with van der Waals surface area (Å²) in [4.78, 5) is 0. The normalized spacial score (nSPS) is 14.1. The highest BCUT2D eigenvalue weighted by Crippen LogP contribution is 2.18. The molecule has 1 unspecified atom stereocenters. The first kappa shape index (κ1) is 16.0. The maximum absolute atomic E-state index is 9.07. The van der Waals surface area contributed by atoms with Gasteiger partial charge in [0.25, 0.3) is 0 Å². The van der Waals surface area contributed by atoms with Crippen LogP contribution in [0.4, 0.5) is 0 Å². The highest BCUT2D eigenvalue weighted by atomic mass is 28.4. The minimum absolute atomic E-state index is 0.00122. The fourth-order valence-electron chi connectivity index (χ4n) is 1.49. The van der Waals surface area contributed by atoms with Crippen molar-refractivity contribution in [3.05, 3.63) is 0 Å². The molecule has 3 N–H and O–H groups in total. The molecule has 0 saturated heterocycles. The van der Waals surface area contributed by atoms with Crippen molar-refractivity contribution < 1.29 is 18.4 Å². The van der Waals surface area contributed by atoms with Crippen molar-refractivity contribution in [1.82, 2.24) is 0 Å². The van der Waals surface area contributed by atoms with Crippen molar-refractivity contribution >= 4 is 8.80 Å². The molecule has 1 atom stereocenters. The monoisotopic (exact) mass is 251 g/mol. The Kier molecular flexibility index (Phi) is 9.10. The van der Waals surface area contributed by atoms with Crippen LogP contribution in [-0.2, 0) is 13.3 Å². The van der Waals surface area contributed by atoms with E-state index in [0.29, 0.717) is 25.8 Å². The molecule has 16 heavy (non-hydrogen) atoms. The van der Waals surface area contributed by atoms with Gasteiger partial charge in [-0.05, 0) is 33.7 Å². The van der Waals surface area contributed by atoms with Crippen LogP contribution in [0.5, 0.6) is 0 Å². The molecule has 0 bridgehead atoms. The first-order valence-corrected chi connectivity index (χ1v) is 7.84. The molecule has 0 aliphatic heterocycles. The van der Waals surface area contributed by atoms with Gasteiger partial charge in [0.15, 0.2) is 0 Å². The summed E-state index contributed by atoms with van der Waals surface area (Å²) < 4.78 is 17.1. The average molecular weight is 251 g/mol. The number of aliphatic hydroxyl groups is 1. The van der Waals surface area contributed by atoms with E-state index in [-0.39, 0.29) is 12.7 Å². The lowest BCUT2D eigenvalue weighted by Gasteiger charge is -2.31. The third-order valence-corrected chi connectivity index (χ3v) is 5.15. The van der Waals surface area contributed by atoms with Gasteiger partial charge in [0, 0.05) is 32.0 Å². The van der Waals surface area contributed by atoms with Gasteiger partial charge in [0.2, 0.25) is 0 Å². The van der Waals surface area contributed by atoms with Gasteiger partial charge in [-0.2, -0.15) is 0 Å². The fourth-order valence-corrected chi connectivity index (χ4v) is 4.00. The maximum Gasteiger partial charge on any atom is 0.503 e. The molecule has 0 aromatic heterocycles. The van der Waals surface area contributed by atoms with Crippen LogP contribution >= 0.6 is 0 Å². The Hall–Kier alpha value is 0.0169. The minimum Gasteiger partial charge on any atom is -0.396 e. The van der Waals surface area contributed by atoms with Crippen LogP contribution in [-0.4, -0.2) is 46.4 Å². The van der Waals surface area contributed by atoms with Gasteiger partial charge in [0.05, 0.1) is 0 Å². The molecule has 0 spiro atoms. The summed E-state index contributed by atoms with van der Waals surface area (Å²) >= 11 is 0. The molecule has 6 heteroatoms. The number of hydrogen-bond acceptors (Lipinski definition) is 5. The van der Waals surface area contributed by atoms with Crippen LogP contribution in [0.15, 0.2) is 0 Å². The lowest BCUT2D eigenvalue weighted by Crippen LogP contribution is -2.49. The van der Waals surface area contributed by atoms with Crippen LogP contribution in [0.1, 0.15) is 27.2 Å². The molecular weight excluding hydrogens is 226 g/mol. The molecule has 98 valence electrons. The predicted octanol–water partition coefficient (Wildman–Crippen LogP) is 0.744. The summed E-state index contributed by atoms with van der Waals surface area (Å²) in [5.41, 5.74) is 5.47. The molecule has 0 aromatic rings. The smallest absolute Gasteiger partial charge is 0.396 e. The maximum atomic E-state index is 9.07. The van der Waals surface area contributed by atoms with Crippen LogP contribution in [0.2, 0.25) is 6.04 Å². The van der Waals surface area contributed by atoms with Crippen LogP contribution in [0.3, 0.4) is 0 Å². The molecule has 0 saturated carbocycles. The number of hydrogen-bond donors (Lipinski definition) is 2. The largest absolute Gasteiger partial charge is 0.503 e. The lowest BCUT2D eigenvalue weighted by atomic mass is 10.3. The highest BCUT2D eigenvalue weighted by molar-refractivity contribution is 6.60. The van der Waals surface area contributed by atoms with Gasteiger partial charge in [-0.15, -0.1) is 0 Å². The van der Waals surface area contributed by atoms with Gasteiger partial charge in [-0.25, -0.2) is 0 Å². The summed E-state index contributed by atoms with van der Waals surface area (Å²) in [5.74, 6) is 0. The molecule has 0 rings (SSSR count). The Morgan fingerprint density at radius 3 is 2.19 bits per heavy atom. The molecule has 0 heterocycles. The summed E-state index contributed by atoms with van der Waals surface area (Å²) in [7, 11) is -2.70. The Balaban J connectivity index is 4.44. The third kappa shape index (κ3) is 5.93. The number of rotatable bonds is 10. The first-order chi connectivity index (χ1) is 7.64. The second kappa shape index (κ2) is 9.09. The first-order valence-electron chi connectivity index (χ1n) is 5.90. The van der Waals surface area contributed by atoms with Crippen molar-refractivity contribution in [2.45, 2.75) is 39.3 Å². The Morgan fingerprint density at radius 2 is 1.81 bits per heavy atom. The summed E-state index contributed by atoms with van der Waals surface area (Å²) in [5, 5.41) is 9.07. The van der Waals surface area contributed by atoms with E-state index in [1.165, 1.54) is 0 Å². The highest BCUT2D eigenvalue weighted by Gasteiger charge is 2.41. The van der Waals surface area contributed by atoms with E-state index in [9.17, 15) is 0 Å². The van der Waals surface area contributed by atoms with E-state index < -0.39 is 8.80 Å². The van der Waals surface area contributed by atoms with Gasteiger partial charge in [-0.3, -0.25) is 0 Å². The summed E-state index contributed by atoms with van der Waals surface area (Å²) in [6, 6.07) is 0.434. The zero-order chi connectivity index (χ0) is 12.4. The SMILES string of the molecule is CCO[Si](CCO)(OCC)OC(C)CCN. The minimum atomic E-state index is -2.70. The molecule has 5 nitrogen and oxygen atoms in total. The lowest BCUT2D eigenvalue weighted by molar-refractivity contribution is 0.0330. The van der Waals surface area contributed by atoms with Crippen molar-refractivity contribution in [3.8, 4) is 0 Å². The van der Waals surface area contributed by atoms with Crippen LogP contribution in [0.25, 0.3) is 0 Å². The second-order valence-electron chi connectivity index (χ2n) is 3.53. The molecule has 0 amide bonds. The van der Waals surface area contributed by atoms with E-state index in [2.05, 4.69) is 0 Å². The van der Waals surface area contributed by atoms with Gasteiger partial charge in [0.1, 0.15) is 0 Å². The molecular formula is C10H25NO4Si. The van der Waals surface area contributed by atoms with E-state index in [4.69, 9.17) is 24.1 Å². The molecule has 0 radical (unpaired) electrons. The molecule has 0 aliphatic carbocycles. The van der Waals surface area contributed by atoms with Gasteiger partial charge in [-0.1, -0.05) is 0 Å². The van der Waals surface area contributed by atoms with E-state index >= 15 is 0 Å². The number of nitrogens with two attached hydrogens (primary N) is 1. The Labute approximate surface area is 99.2 Å². The van der Waals surface area contributed by atoms with Crippen molar-refractivity contribution in [1.29, 1.82) is 0 Å². The summed E-state index contributed by atoms with van der Waals surface area (Å²) in [6.07, 6.45) is 0.765. The molecule has 0 fully saturated rings. The van der Waals surface area contributed by atoms with Gasteiger partial charge < -0.3 is 24.1 Å². The van der Waals surface area contributed by atoms with E-state index in [1.807, 2.05) is 20.8 Å². The standard InChI is InChI=1S/C10H25NO4Si/c1-4-13-16(9-8-12,14-5-2)15-10(3)6-7-11/h10,12H,4-9,11H2,1-3H3. The topological polar surface area (TPSA) is 73.9 Å². The van der Waals surface area contributed by atoms with E-state index in [1.54, 1.807) is 0 Å². The predicted molar refractivity (Wildman–Crippen MR) is 65.1 cm³/mol. The Morgan fingerprint density at radius 1 is 1.25 bits per heavy atom. The zero-order valence-electron chi connectivity index (χ0n) is 10.6. The molecule has 0 aromatic carbocycles. The quantitative estimate of drug-likeness (QED) is 0.560.